The lowest BCUT2D eigenvalue weighted by Gasteiger charge is -2.22. The van der Waals surface area contributed by atoms with Gasteiger partial charge in [0.25, 0.3) is 5.56 Å². The fraction of sp³-hybridized carbons (Fsp3) is 0.292. The molecule has 2 aromatic heterocycles. The van der Waals surface area contributed by atoms with E-state index in [-0.39, 0.29) is 31.1 Å². The SMILES string of the molecule is CCOC(=O)Cn1nnnc1CN(Cc1ccc(F)cc1)Cc1cc2ccc(C)cc2[nH]c1=O. The van der Waals surface area contributed by atoms with Gasteiger partial charge in [-0.1, -0.05) is 24.3 Å². The Hall–Kier alpha value is -3.92. The molecular formula is C24H25FN6O3. The van der Waals surface area contributed by atoms with Crippen molar-refractivity contribution in [3.63, 3.8) is 0 Å². The average Bonchev–Trinajstić information content (AvgIpc) is 3.22. The quantitative estimate of drug-likeness (QED) is 0.380. The Kier molecular flexibility index (Phi) is 7.07. The molecule has 0 fully saturated rings. The van der Waals surface area contributed by atoms with E-state index in [0.29, 0.717) is 24.5 Å². The molecule has 34 heavy (non-hydrogen) atoms. The molecule has 4 rings (SSSR count). The number of hydrogen-bond acceptors (Lipinski definition) is 7. The fourth-order valence-electron chi connectivity index (χ4n) is 3.72. The average molecular weight is 465 g/mol. The zero-order valence-electron chi connectivity index (χ0n) is 19.0. The van der Waals surface area contributed by atoms with Gasteiger partial charge >= 0.3 is 5.97 Å². The summed E-state index contributed by atoms with van der Waals surface area (Å²) in [6.45, 7) is 4.81. The number of halogens is 1. The lowest BCUT2D eigenvalue weighted by molar-refractivity contribution is -0.144. The number of carbonyl (C=O) groups excluding carboxylic acids is 1. The van der Waals surface area contributed by atoms with Crippen LogP contribution < -0.4 is 5.56 Å². The number of tetrazole rings is 1. The normalized spacial score (nSPS) is 11.3. The summed E-state index contributed by atoms with van der Waals surface area (Å²) in [5.41, 5.74) is 3.08. The highest BCUT2D eigenvalue weighted by Crippen LogP contribution is 2.16. The number of hydrogen-bond donors (Lipinski definition) is 1. The van der Waals surface area contributed by atoms with Crippen molar-refractivity contribution in [1.29, 1.82) is 0 Å². The first kappa shape index (κ1) is 23.2. The maximum Gasteiger partial charge on any atom is 0.327 e. The molecule has 0 aliphatic heterocycles. The standard InChI is InChI=1S/C24H25FN6O3/c1-3-34-23(32)15-31-22(27-28-29-31)14-30(12-17-5-8-20(25)9-6-17)13-19-11-18-7-4-16(2)10-21(18)26-24(19)33/h4-11H,3,12-15H2,1-2H3,(H,26,33). The van der Waals surface area contributed by atoms with Crippen molar-refractivity contribution in [3.05, 3.63) is 87.2 Å². The molecule has 0 aliphatic rings. The van der Waals surface area contributed by atoms with Crippen molar-refractivity contribution in [2.45, 2.75) is 40.0 Å². The Morgan fingerprint density at radius 1 is 1.12 bits per heavy atom. The van der Waals surface area contributed by atoms with Crippen LogP contribution in [0.4, 0.5) is 4.39 Å². The van der Waals surface area contributed by atoms with Gasteiger partial charge in [0.05, 0.1) is 13.2 Å². The van der Waals surface area contributed by atoms with Gasteiger partial charge in [0.2, 0.25) is 0 Å². The third-order valence-electron chi connectivity index (χ3n) is 5.35. The van der Waals surface area contributed by atoms with Crippen LogP contribution in [0.5, 0.6) is 0 Å². The highest BCUT2D eigenvalue weighted by Gasteiger charge is 2.17. The summed E-state index contributed by atoms with van der Waals surface area (Å²) in [5, 5.41) is 12.6. The molecule has 0 aliphatic carbocycles. The maximum atomic E-state index is 13.4. The van der Waals surface area contributed by atoms with Crippen LogP contribution in [0.1, 0.15) is 29.4 Å². The molecule has 1 N–H and O–H groups in total. The first-order valence-corrected chi connectivity index (χ1v) is 10.9. The highest BCUT2D eigenvalue weighted by atomic mass is 19.1. The van der Waals surface area contributed by atoms with E-state index in [0.717, 1.165) is 22.0 Å². The Bertz CT molecular complexity index is 1350. The molecule has 0 unspecified atom stereocenters. The third kappa shape index (κ3) is 5.70. The van der Waals surface area contributed by atoms with Gasteiger partial charge in [0, 0.05) is 24.2 Å². The number of esters is 1. The Balaban J connectivity index is 1.62. The van der Waals surface area contributed by atoms with Crippen molar-refractivity contribution in [2.24, 2.45) is 0 Å². The number of fused-ring (bicyclic) bond motifs is 1. The number of aryl methyl sites for hydroxylation is 1. The van der Waals surface area contributed by atoms with Crippen LogP contribution in [0.2, 0.25) is 0 Å². The fourth-order valence-corrected chi connectivity index (χ4v) is 3.72. The van der Waals surface area contributed by atoms with E-state index in [1.807, 2.05) is 36.1 Å². The molecule has 2 heterocycles. The molecule has 0 spiro atoms. The largest absolute Gasteiger partial charge is 0.465 e. The zero-order chi connectivity index (χ0) is 24.1. The van der Waals surface area contributed by atoms with E-state index in [1.165, 1.54) is 16.8 Å². The first-order valence-electron chi connectivity index (χ1n) is 10.9. The second-order valence-electron chi connectivity index (χ2n) is 8.04. The Labute approximate surface area is 195 Å². The number of H-pyrrole nitrogens is 1. The molecule has 4 aromatic rings. The van der Waals surface area contributed by atoms with E-state index >= 15 is 0 Å². The molecule has 9 nitrogen and oxygen atoms in total. The topological polar surface area (TPSA) is 106 Å². The van der Waals surface area contributed by atoms with Crippen LogP contribution >= 0.6 is 0 Å². The van der Waals surface area contributed by atoms with Gasteiger partial charge in [-0.15, -0.1) is 5.10 Å². The molecule has 176 valence electrons. The second kappa shape index (κ2) is 10.3. The number of aromatic nitrogens is 5. The summed E-state index contributed by atoms with van der Waals surface area (Å²) >= 11 is 0. The van der Waals surface area contributed by atoms with Crippen molar-refractivity contribution in [2.75, 3.05) is 6.61 Å². The molecule has 2 aromatic carbocycles. The van der Waals surface area contributed by atoms with Gasteiger partial charge in [0.15, 0.2) is 5.82 Å². The number of nitrogens with one attached hydrogen (secondary N) is 1. The van der Waals surface area contributed by atoms with Gasteiger partial charge in [-0.3, -0.25) is 14.5 Å². The number of ether oxygens (including phenoxy) is 1. The minimum absolute atomic E-state index is 0.115. The zero-order valence-corrected chi connectivity index (χ0v) is 19.0. The molecule has 0 atom stereocenters. The molecule has 0 bridgehead atoms. The molecule has 10 heteroatoms. The van der Waals surface area contributed by atoms with Gasteiger partial charge in [-0.2, -0.15) is 0 Å². The highest BCUT2D eigenvalue weighted by molar-refractivity contribution is 5.79. The molecule has 0 saturated heterocycles. The summed E-state index contributed by atoms with van der Waals surface area (Å²) in [5.74, 6) is -0.319. The number of aromatic amines is 1. The van der Waals surface area contributed by atoms with Crippen LogP contribution in [-0.4, -0.2) is 42.7 Å². The van der Waals surface area contributed by atoms with Crippen LogP contribution in [0.3, 0.4) is 0 Å². The smallest absolute Gasteiger partial charge is 0.327 e. The Morgan fingerprint density at radius 2 is 1.91 bits per heavy atom. The monoisotopic (exact) mass is 464 g/mol. The number of pyridine rings is 1. The van der Waals surface area contributed by atoms with Crippen LogP contribution in [0.15, 0.2) is 53.3 Å². The maximum absolute atomic E-state index is 13.4. The van der Waals surface area contributed by atoms with Crippen molar-refractivity contribution < 1.29 is 13.9 Å². The van der Waals surface area contributed by atoms with E-state index in [2.05, 4.69) is 20.5 Å². The van der Waals surface area contributed by atoms with Crippen LogP contribution in [0, 0.1) is 12.7 Å². The molecule has 0 amide bonds. The number of benzene rings is 2. The van der Waals surface area contributed by atoms with Crippen LogP contribution in [-0.2, 0) is 35.7 Å². The molecule has 0 saturated carbocycles. The summed E-state index contributed by atoms with van der Waals surface area (Å²) in [6, 6.07) is 13.9. The van der Waals surface area contributed by atoms with Gasteiger partial charge in [-0.25, -0.2) is 9.07 Å². The summed E-state index contributed by atoms with van der Waals surface area (Å²) in [6.07, 6.45) is 0. The molecular weight excluding hydrogens is 439 g/mol. The lowest BCUT2D eigenvalue weighted by atomic mass is 10.1. The van der Waals surface area contributed by atoms with E-state index in [1.54, 1.807) is 19.1 Å². The molecule has 0 radical (unpaired) electrons. The van der Waals surface area contributed by atoms with E-state index < -0.39 is 5.97 Å². The van der Waals surface area contributed by atoms with Gasteiger partial charge in [-0.05, 0) is 65.1 Å². The van der Waals surface area contributed by atoms with Gasteiger partial charge in [0.1, 0.15) is 12.4 Å². The van der Waals surface area contributed by atoms with Crippen LogP contribution in [0.25, 0.3) is 10.9 Å². The summed E-state index contributed by atoms with van der Waals surface area (Å²) < 4.78 is 19.8. The minimum atomic E-state index is -0.442. The third-order valence-corrected chi connectivity index (χ3v) is 5.35. The number of carbonyl (C=O) groups is 1. The summed E-state index contributed by atoms with van der Waals surface area (Å²) in [7, 11) is 0. The number of rotatable bonds is 9. The van der Waals surface area contributed by atoms with Gasteiger partial charge < -0.3 is 9.72 Å². The van der Waals surface area contributed by atoms with Crippen molar-refractivity contribution >= 4 is 16.9 Å². The van der Waals surface area contributed by atoms with Crippen molar-refractivity contribution in [1.82, 2.24) is 30.1 Å². The minimum Gasteiger partial charge on any atom is -0.465 e. The predicted molar refractivity (Wildman–Crippen MR) is 123 cm³/mol. The predicted octanol–water partition coefficient (Wildman–Crippen LogP) is 2.73. The second-order valence-corrected chi connectivity index (χ2v) is 8.04. The number of nitrogens with zero attached hydrogens (tertiary/aromatic N) is 5. The van der Waals surface area contributed by atoms with E-state index in [9.17, 15) is 14.0 Å². The van der Waals surface area contributed by atoms with Crippen molar-refractivity contribution in [3.8, 4) is 0 Å². The first-order chi connectivity index (χ1) is 16.4. The van der Waals surface area contributed by atoms with E-state index in [4.69, 9.17) is 4.74 Å². The summed E-state index contributed by atoms with van der Waals surface area (Å²) in [4.78, 5) is 29.7. The Morgan fingerprint density at radius 3 is 2.68 bits per heavy atom. The lowest BCUT2D eigenvalue weighted by Crippen LogP contribution is -2.28.